The lowest BCUT2D eigenvalue weighted by atomic mass is 10.1. The lowest BCUT2D eigenvalue weighted by Gasteiger charge is -2.05. The predicted octanol–water partition coefficient (Wildman–Crippen LogP) is 2.07. The fraction of sp³-hybridized carbons (Fsp3) is 0.235. The summed E-state index contributed by atoms with van der Waals surface area (Å²) in [6.07, 6.45) is 6.16. The maximum Gasteiger partial charge on any atom is 0.262 e. The predicted molar refractivity (Wildman–Crippen MR) is 86.5 cm³/mol. The SMILES string of the molecule is COc1ccc(CCCNC(=O)/C(C#N)=C/c2cnc[nH]2)cc1. The molecule has 1 heterocycles. The monoisotopic (exact) mass is 310 g/mol. The summed E-state index contributed by atoms with van der Waals surface area (Å²) in [5.74, 6) is 0.446. The molecule has 0 atom stereocenters. The molecule has 1 amide bonds. The summed E-state index contributed by atoms with van der Waals surface area (Å²) in [5, 5.41) is 11.8. The van der Waals surface area contributed by atoms with Gasteiger partial charge in [-0.05, 0) is 36.6 Å². The Kier molecular flexibility index (Phi) is 5.95. The molecule has 6 nitrogen and oxygen atoms in total. The second-order valence-electron chi connectivity index (χ2n) is 4.88. The number of imidazole rings is 1. The first kappa shape index (κ1) is 16.3. The van der Waals surface area contributed by atoms with Crippen molar-refractivity contribution in [2.75, 3.05) is 13.7 Å². The van der Waals surface area contributed by atoms with Gasteiger partial charge in [0.25, 0.3) is 5.91 Å². The van der Waals surface area contributed by atoms with E-state index < -0.39 is 0 Å². The number of H-pyrrole nitrogens is 1. The Morgan fingerprint density at radius 2 is 2.22 bits per heavy atom. The first-order chi connectivity index (χ1) is 11.2. The van der Waals surface area contributed by atoms with Crippen molar-refractivity contribution < 1.29 is 9.53 Å². The van der Waals surface area contributed by atoms with Gasteiger partial charge in [-0.25, -0.2) is 4.98 Å². The molecule has 0 spiro atoms. The Morgan fingerprint density at radius 1 is 1.43 bits per heavy atom. The summed E-state index contributed by atoms with van der Waals surface area (Å²) in [4.78, 5) is 18.6. The van der Waals surface area contributed by atoms with Crippen LogP contribution in [-0.2, 0) is 11.2 Å². The summed E-state index contributed by atoms with van der Waals surface area (Å²) in [6.45, 7) is 0.507. The molecule has 1 aromatic heterocycles. The minimum Gasteiger partial charge on any atom is -0.497 e. The topological polar surface area (TPSA) is 90.8 Å². The highest BCUT2D eigenvalue weighted by Crippen LogP contribution is 2.12. The van der Waals surface area contributed by atoms with E-state index in [2.05, 4.69) is 15.3 Å². The van der Waals surface area contributed by atoms with Gasteiger partial charge >= 0.3 is 0 Å². The van der Waals surface area contributed by atoms with E-state index in [-0.39, 0.29) is 11.5 Å². The average Bonchev–Trinajstić information content (AvgIpc) is 3.10. The van der Waals surface area contributed by atoms with Crippen LogP contribution < -0.4 is 10.1 Å². The van der Waals surface area contributed by atoms with E-state index >= 15 is 0 Å². The van der Waals surface area contributed by atoms with Gasteiger partial charge in [-0.3, -0.25) is 4.79 Å². The molecule has 0 aliphatic heterocycles. The van der Waals surface area contributed by atoms with E-state index in [4.69, 9.17) is 10.00 Å². The fourth-order valence-corrected chi connectivity index (χ4v) is 2.03. The fourth-order valence-electron chi connectivity index (χ4n) is 2.03. The number of aryl methyl sites for hydroxylation is 1. The van der Waals surface area contributed by atoms with Crippen LogP contribution in [0.3, 0.4) is 0 Å². The molecule has 0 bridgehead atoms. The molecule has 2 N–H and O–H groups in total. The van der Waals surface area contributed by atoms with Gasteiger partial charge < -0.3 is 15.0 Å². The quantitative estimate of drug-likeness (QED) is 0.465. The minimum absolute atomic E-state index is 0.0543. The number of benzene rings is 1. The largest absolute Gasteiger partial charge is 0.497 e. The van der Waals surface area contributed by atoms with Crippen LogP contribution in [0.4, 0.5) is 0 Å². The first-order valence-electron chi connectivity index (χ1n) is 7.24. The zero-order valence-corrected chi connectivity index (χ0v) is 12.9. The lowest BCUT2D eigenvalue weighted by Crippen LogP contribution is -2.25. The van der Waals surface area contributed by atoms with Crippen molar-refractivity contribution in [3.8, 4) is 11.8 Å². The molecular weight excluding hydrogens is 292 g/mol. The normalized spacial score (nSPS) is 10.9. The molecule has 0 saturated heterocycles. The Labute approximate surface area is 134 Å². The van der Waals surface area contributed by atoms with Crippen molar-refractivity contribution >= 4 is 12.0 Å². The van der Waals surface area contributed by atoms with E-state index in [1.807, 2.05) is 30.3 Å². The smallest absolute Gasteiger partial charge is 0.262 e. The molecule has 1 aromatic carbocycles. The number of aromatic amines is 1. The number of methoxy groups -OCH3 is 1. The number of nitrogens with zero attached hydrogens (tertiary/aromatic N) is 2. The van der Waals surface area contributed by atoms with Crippen molar-refractivity contribution in [3.05, 3.63) is 53.6 Å². The average molecular weight is 310 g/mol. The highest BCUT2D eigenvalue weighted by atomic mass is 16.5. The molecule has 2 rings (SSSR count). The van der Waals surface area contributed by atoms with Crippen LogP contribution in [0.15, 0.2) is 42.4 Å². The van der Waals surface area contributed by atoms with Crippen LogP contribution in [-0.4, -0.2) is 29.5 Å². The zero-order valence-electron chi connectivity index (χ0n) is 12.9. The van der Waals surface area contributed by atoms with Gasteiger partial charge in [0, 0.05) is 6.54 Å². The number of nitrogens with one attached hydrogen (secondary N) is 2. The minimum atomic E-state index is -0.378. The third-order valence-corrected chi connectivity index (χ3v) is 3.27. The number of carbonyl (C=O) groups is 1. The van der Waals surface area contributed by atoms with Crippen LogP contribution >= 0.6 is 0 Å². The second kappa shape index (κ2) is 8.39. The number of ether oxygens (including phenoxy) is 1. The van der Waals surface area contributed by atoms with Crippen LogP contribution in [0.25, 0.3) is 6.08 Å². The van der Waals surface area contributed by atoms with Crippen molar-refractivity contribution in [1.82, 2.24) is 15.3 Å². The number of hydrogen-bond donors (Lipinski definition) is 2. The maximum atomic E-state index is 11.9. The number of rotatable bonds is 7. The van der Waals surface area contributed by atoms with Gasteiger partial charge in [0.15, 0.2) is 0 Å². The molecular formula is C17H18N4O2. The van der Waals surface area contributed by atoms with Crippen LogP contribution in [0.5, 0.6) is 5.75 Å². The van der Waals surface area contributed by atoms with Gasteiger partial charge in [-0.1, -0.05) is 12.1 Å². The molecule has 2 aromatic rings. The Balaban J connectivity index is 1.78. The maximum absolute atomic E-state index is 11.9. The molecule has 0 fully saturated rings. The molecule has 0 aliphatic rings. The van der Waals surface area contributed by atoms with Crippen molar-refractivity contribution in [2.45, 2.75) is 12.8 Å². The molecule has 0 saturated carbocycles. The standard InChI is InChI=1S/C17H18N4O2/c1-23-16-6-4-13(5-7-16)3-2-8-20-17(22)14(10-18)9-15-11-19-12-21-15/h4-7,9,11-12H,2-3,8H2,1H3,(H,19,21)(H,20,22)/b14-9+. The number of carbonyl (C=O) groups excluding carboxylic acids is 1. The van der Waals surface area contributed by atoms with Gasteiger partial charge in [0.2, 0.25) is 0 Å². The Morgan fingerprint density at radius 3 is 2.83 bits per heavy atom. The molecule has 23 heavy (non-hydrogen) atoms. The molecule has 0 aliphatic carbocycles. The van der Waals surface area contributed by atoms with E-state index in [1.54, 1.807) is 13.3 Å². The van der Waals surface area contributed by atoms with Crippen molar-refractivity contribution in [1.29, 1.82) is 5.26 Å². The third kappa shape index (κ3) is 5.00. The Hall–Kier alpha value is -3.07. The van der Waals surface area contributed by atoms with Crippen LogP contribution in [0.2, 0.25) is 0 Å². The Bertz CT molecular complexity index is 697. The highest BCUT2D eigenvalue weighted by Gasteiger charge is 2.08. The molecule has 0 radical (unpaired) electrons. The summed E-state index contributed by atoms with van der Waals surface area (Å²) < 4.78 is 5.11. The summed E-state index contributed by atoms with van der Waals surface area (Å²) in [5.41, 5.74) is 1.85. The van der Waals surface area contributed by atoms with Crippen molar-refractivity contribution in [2.24, 2.45) is 0 Å². The van der Waals surface area contributed by atoms with Crippen molar-refractivity contribution in [3.63, 3.8) is 0 Å². The van der Waals surface area contributed by atoms with Gasteiger partial charge in [-0.15, -0.1) is 0 Å². The van der Waals surface area contributed by atoms with Gasteiger partial charge in [0.1, 0.15) is 17.4 Å². The van der Waals surface area contributed by atoms with Gasteiger partial charge in [-0.2, -0.15) is 5.26 Å². The zero-order chi connectivity index (χ0) is 16.5. The number of hydrogen-bond acceptors (Lipinski definition) is 4. The highest BCUT2D eigenvalue weighted by molar-refractivity contribution is 6.01. The van der Waals surface area contributed by atoms with Crippen LogP contribution in [0.1, 0.15) is 17.7 Å². The number of aromatic nitrogens is 2. The summed E-state index contributed by atoms with van der Waals surface area (Å²) in [6, 6.07) is 9.72. The van der Waals surface area contributed by atoms with E-state index in [1.165, 1.54) is 18.0 Å². The van der Waals surface area contributed by atoms with E-state index in [0.717, 1.165) is 18.6 Å². The van der Waals surface area contributed by atoms with E-state index in [9.17, 15) is 4.79 Å². The number of amides is 1. The molecule has 6 heteroatoms. The second-order valence-corrected chi connectivity index (χ2v) is 4.88. The summed E-state index contributed by atoms with van der Waals surface area (Å²) in [7, 11) is 1.63. The summed E-state index contributed by atoms with van der Waals surface area (Å²) >= 11 is 0. The third-order valence-electron chi connectivity index (χ3n) is 3.27. The lowest BCUT2D eigenvalue weighted by molar-refractivity contribution is -0.117. The van der Waals surface area contributed by atoms with Gasteiger partial charge in [0.05, 0.1) is 25.3 Å². The molecule has 118 valence electrons. The molecule has 0 unspecified atom stereocenters. The van der Waals surface area contributed by atoms with E-state index in [0.29, 0.717) is 12.2 Å². The van der Waals surface area contributed by atoms with Crippen LogP contribution in [0, 0.1) is 11.3 Å². The first-order valence-corrected chi connectivity index (χ1v) is 7.24. The number of nitriles is 1.